The maximum Gasteiger partial charge on any atom is 0.167 e. The Hall–Kier alpha value is -2.88. The van der Waals surface area contributed by atoms with Crippen molar-refractivity contribution in [1.82, 2.24) is 9.78 Å². The van der Waals surface area contributed by atoms with Crippen LogP contribution >= 0.6 is 0 Å². The number of aromatic nitrogens is 2. The van der Waals surface area contributed by atoms with Crippen molar-refractivity contribution >= 4 is 5.78 Å². The van der Waals surface area contributed by atoms with E-state index in [4.69, 9.17) is 4.74 Å². The molecule has 0 amide bonds. The van der Waals surface area contributed by atoms with Crippen molar-refractivity contribution in [3.63, 3.8) is 0 Å². The zero-order valence-electron chi connectivity index (χ0n) is 16.9. The van der Waals surface area contributed by atoms with Crippen LogP contribution in [0.3, 0.4) is 0 Å². The average Bonchev–Trinajstić information content (AvgIpc) is 3.05. The zero-order chi connectivity index (χ0) is 19.8. The molecule has 0 fully saturated rings. The fraction of sp³-hybridized carbons (Fsp3) is 0.333. The lowest BCUT2D eigenvalue weighted by Crippen LogP contribution is -2.20. The molecule has 0 saturated heterocycles. The van der Waals surface area contributed by atoms with Crippen molar-refractivity contribution in [3.05, 3.63) is 76.6 Å². The molecular weight excluding hydrogens is 348 g/mol. The van der Waals surface area contributed by atoms with Crippen LogP contribution in [0.4, 0.5) is 0 Å². The lowest BCUT2D eigenvalue weighted by molar-refractivity contribution is 0.0963. The molecule has 1 aromatic heterocycles. The molecule has 1 aliphatic carbocycles. The van der Waals surface area contributed by atoms with Gasteiger partial charge in [0, 0.05) is 6.42 Å². The van der Waals surface area contributed by atoms with E-state index in [0.717, 1.165) is 34.8 Å². The standard InChI is InChI=1S/C24H26N2O2/c1-15(2)17-5-7-18(8-6-17)19-13-22-24(23(27)14-19)16(3)25-26(22)20-9-11-21(28-4)12-10-20/h5-12,15,19H,13-14H2,1-4H3/t19-/m0/s1. The largest absolute Gasteiger partial charge is 0.497 e. The summed E-state index contributed by atoms with van der Waals surface area (Å²) in [6.07, 6.45) is 1.36. The Labute approximate surface area is 166 Å². The summed E-state index contributed by atoms with van der Waals surface area (Å²) in [5.74, 6) is 1.69. The van der Waals surface area contributed by atoms with E-state index >= 15 is 0 Å². The minimum atomic E-state index is 0.189. The predicted octanol–water partition coefficient (Wildman–Crippen LogP) is 5.23. The lowest BCUT2D eigenvalue weighted by Gasteiger charge is -2.23. The number of carbonyl (C=O) groups excluding carboxylic acids is 1. The number of hydrogen-bond donors (Lipinski definition) is 0. The number of benzene rings is 2. The van der Waals surface area contributed by atoms with Crippen LogP contribution in [-0.2, 0) is 6.42 Å². The summed E-state index contributed by atoms with van der Waals surface area (Å²) in [5, 5.41) is 4.69. The van der Waals surface area contributed by atoms with Gasteiger partial charge in [-0.25, -0.2) is 4.68 Å². The van der Waals surface area contributed by atoms with Gasteiger partial charge in [0.1, 0.15) is 5.75 Å². The second-order valence-corrected chi connectivity index (χ2v) is 7.87. The van der Waals surface area contributed by atoms with Crippen LogP contribution in [0.2, 0.25) is 0 Å². The van der Waals surface area contributed by atoms with Crippen molar-refractivity contribution in [2.24, 2.45) is 0 Å². The van der Waals surface area contributed by atoms with Crippen LogP contribution < -0.4 is 4.74 Å². The Morgan fingerprint density at radius 1 is 1.04 bits per heavy atom. The van der Waals surface area contributed by atoms with Gasteiger partial charge in [0.2, 0.25) is 0 Å². The number of Topliss-reactive ketones (excluding diaryl/α,β-unsaturated/α-hetero) is 1. The van der Waals surface area contributed by atoms with E-state index in [9.17, 15) is 4.79 Å². The number of aryl methyl sites for hydroxylation is 1. The quantitative estimate of drug-likeness (QED) is 0.628. The molecule has 1 heterocycles. The number of methoxy groups -OCH3 is 1. The third kappa shape index (κ3) is 3.24. The van der Waals surface area contributed by atoms with Crippen LogP contribution in [0.5, 0.6) is 5.75 Å². The molecule has 1 aliphatic rings. The topological polar surface area (TPSA) is 44.1 Å². The molecule has 0 radical (unpaired) electrons. The molecule has 28 heavy (non-hydrogen) atoms. The van der Waals surface area contributed by atoms with E-state index in [0.29, 0.717) is 12.3 Å². The normalized spacial score (nSPS) is 16.3. The van der Waals surface area contributed by atoms with E-state index < -0.39 is 0 Å². The monoisotopic (exact) mass is 374 g/mol. The molecule has 4 nitrogen and oxygen atoms in total. The molecule has 3 aromatic rings. The van der Waals surface area contributed by atoms with Gasteiger partial charge in [-0.3, -0.25) is 4.79 Å². The second kappa shape index (κ2) is 7.27. The number of hydrogen-bond acceptors (Lipinski definition) is 3. The molecule has 2 aromatic carbocycles. The van der Waals surface area contributed by atoms with Gasteiger partial charge in [-0.2, -0.15) is 5.10 Å². The Bertz CT molecular complexity index is 998. The first-order chi connectivity index (χ1) is 13.5. The number of carbonyl (C=O) groups is 1. The first kappa shape index (κ1) is 18.5. The summed E-state index contributed by atoms with van der Waals surface area (Å²) in [6.45, 7) is 6.32. The fourth-order valence-electron chi connectivity index (χ4n) is 4.08. The van der Waals surface area contributed by atoms with Crippen molar-refractivity contribution in [2.45, 2.75) is 45.4 Å². The molecule has 4 rings (SSSR count). The van der Waals surface area contributed by atoms with Crippen molar-refractivity contribution in [3.8, 4) is 11.4 Å². The van der Waals surface area contributed by atoms with Crippen molar-refractivity contribution in [2.75, 3.05) is 7.11 Å². The molecule has 0 bridgehead atoms. The summed E-state index contributed by atoms with van der Waals surface area (Å²) in [5.41, 5.74) is 6.12. The summed E-state index contributed by atoms with van der Waals surface area (Å²) in [6, 6.07) is 16.5. The highest BCUT2D eigenvalue weighted by Crippen LogP contribution is 2.35. The van der Waals surface area contributed by atoms with Gasteiger partial charge in [0.15, 0.2) is 5.78 Å². The van der Waals surface area contributed by atoms with E-state index in [1.165, 1.54) is 11.1 Å². The summed E-state index contributed by atoms with van der Waals surface area (Å²) >= 11 is 0. The third-order valence-corrected chi connectivity index (χ3v) is 5.70. The molecule has 0 saturated carbocycles. The number of ketones is 1. The first-order valence-corrected chi connectivity index (χ1v) is 9.84. The van der Waals surface area contributed by atoms with Crippen LogP contribution in [0.25, 0.3) is 5.69 Å². The summed E-state index contributed by atoms with van der Waals surface area (Å²) in [4.78, 5) is 12.9. The number of ether oxygens (including phenoxy) is 1. The number of fused-ring (bicyclic) bond motifs is 1. The Kier molecular flexibility index (Phi) is 4.80. The molecule has 0 aliphatic heterocycles. The predicted molar refractivity (Wildman–Crippen MR) is 111 cm³/mol. The molecule has 4 heteroatoms. The highest BCUT2D eigenvalue weighted by atomic mass is 16.5. The van der Waals surface area contributed by atoms with Gasteiger partial charge < -0.3 is 4.74 Å². The van der Waals surface area contributed by atoms with E-state index in [2.05, 4.69) is 43.2 Å². The summed E-state index contributed by atoms with van der Waals surface area (Å²) < 4.78 is 7.18. The smallest absolute Gasteiger partial charge is 0.167 e. The SMILES string of the molecule is COc1ccc(-n2nc(C)c3c2C[C@H](c2ccc(C(C)C)cc2)CC3=O)cc1. The van der Waals surface area contributed by atoms with Gasteiger partial charge in [-0.05, 0) is 60.6 Å². The zero-order valence-corrected chi connectivity index (χ0v) is 16.9. The summed E-state index contributed by atoms with van der Waals surface area (Å²) in [7, 11) is 1.66. The number of rotatable bonds is 4. The molecule has 144 valence electrons. The maximum atomic E-state index is 12.9. The Morgan fingerprint density at radius 3 is 2.32 bits per heavy atom. The molecular formula is C24H26N2O2. The van der Waals surface area contributed by atoms with Crippen LogP contribution in [0.15, 0.2) is 48.5 Å². The fourth-order valence-corrected chi connectivity index (χ4v) is 4.08. The minimum absolute atomic E-state index is 0.189. The van der Waals surface area contributed by atoms with Gasteiger partial charge in [-0.15, -0.1) is 0 Å². The third-order valence-electron chi connectivity index (χ3n) is 5.70. The van der Waals surface area contributed by atoms with Gasteiger partial charge in [0.25, 0.3) is 0 Å². The Balaban J connectivity index is 1.70. The average molecular weight is 374 g/mol. The molecule has 0 spiro atoms. The minimum Gasteiger partial charge on any atom is -0.497 e. The van der Waals surface area contributed by atoms with Crippen LogP contribution in [0.1, 0.15) is 65.0 Å². The van der Waals surface area contributed by atoms with Gasteiger partial charge in [-0.1, -0.05) is 38.1 Å². The first-order valence-electron chi connectivity index (χ1n) is 9.84. The van der Waals surface area contributed by atoms with E-state index in [1.807, 2.05) is 35.9 Å². The molecule has 0 N–H and O–H groups in total. The molecule has 0 unspecified atom stereocenters. The van der Waals surface area contributed by atoms with E-state index in [1.54, 1.807) is 7.11 Å². The molecule has 1 atom stereocenters. The Morgan fingerprint density at radius 2 is 1.71 bits per heavy atom. The van der Waals surface area contributed by atoms with Crippen molar-refractivity contribution < 1.29 is 9.53 Å². The van der Waals surface area contributed by atoms with Crippen molar-refractivity contribution in [1.29, 1.82) is 0 Å². The lowest BCUT2D eigenvalue weighted by atomic mass is 9.81. The van der Waals surface area contributed by atoms with Crippen LogP contribution in [-0.4, -0.2) is 22.7 Å². The highest BCUT2D eigenvalue weighted by Gasteiger charge is 2.32. The van der Waals surface area contributed by atoms with E-state index in [-0.39, 0.29) is 11.7 Å². The highest BCUT2D eigenvalue weighted by molar-refractivity contribution is 6.00. The second-order valence-electron chi connectivity index (χ2n) is 7.87. The number of nitrogens with zero attached hydrogens (tertiary/aromatic N) is 2. The maximum absolute atomic E-state index is 12.9. The van der Waals surface area contributed by atoms with Gasteiger partial charge in [0.05, 0.1) is 29.7 Å². The van der Waals surface area contributed by atoms with Gasteiger partial charge >= 0.3 is 0 Å². The van der Waals surface area contributed by atoms with Crippen LogP contribution in [0, 0.1) is 6.92 Å².